The van der Waals surface area contributed by atoms with Gasteiger partial charge >= 0.3 is 0 Å². The van der Waals surface area contributed by atoms with E-state index < -0.39 is 0 Å². The SMILES string of the molecule is CCNCCc1cn(Cc2cnn(CC)c2)cn1. The molecule has 0 aliphatic heterocycles. The molecular weight excluding hydrogens is 226 g/mol. The van der Waals surface area contributed by atoms with Crippen molar-refractivity contribution in [2.75, 3.05) is 13.1 Å². The Morgan fingerprint density at radius 2 is 2.17 bits per heavy atom. The molecule has 0 aliphatic carbocycles. The van der Waals surface area contributed by atoms with Crippen LogP contribution in [0.2, 0.25) is 0 Å². The third kappa shape index (κ3) is 3.43. The van der Waals surface area contributed by atoms with Crippen LogP contribution in [0.4, 0.5) is 0 Å². The van der Waals surface area contributed by atoms with Gasteiger partial charge in [0.05, 0.1) is 24.8 Å². The van der Waals surface area contributed by atoms with Gasteiger partial charge in [-0.1, -0.05) is 6.92 Å². The van der Waals surface area contributed by atoms with Crippen LogP contribution < -0.4 is 5.32 Å². The van der Waals surface area contributed by atoms with E-state index >= 15 is 0 Å². The molecule has 18 heavy (non-hydrogen) atoms. The average molecular weight is 247 g/mol. The van der Waals surface area contributed by atoms with Crippen LogP contribution in [-0.4, -0.2) is 32.4 Å². The average Bonchev–Trinajstić information content (AvgIpc) is 3.00. The summed E-state index contributed by atoms with van der Waals surface area (Å²) in [5, 5.41) is 7.58. The number of likely N-dealkylation sites (N-methyl/N-ethyl adjacent to an activating group) is 1. The molecule has 98 valence electrons. The highest BCUT2D eigenvalue weighted by atomic mass is 15.3. The quantitative estimate of drug-likeness (QED) is 0.750. The molecule has 2 aromatic heterocycles. The zero-order valence-corrected chi connectivity index (χ0v) is 11.1. The van der Waals surface area contributed by atoms with E-state index in [-0.39, 0.29) is 0 Å². The first kappa shape index (κ1) is 12.8. The Balaban J connectivity index is 1.89. The van der Waals surface area contributed by atoms with E-state index in [1.54, 1.807) is 0 Å². The van der Waals surface area contributed by atoms with Gasteiger partial charge in [-0.2, -0.15) is 5.10 Å². The number of hydrogen-bond acceptors (Lipinski definition) is 3. The summed E-state index contributed by atoms with van der Waals surface area (Å²) in [6, 6.07) is 0. The van der Waals surface area contributed by atoms with Crippen LogP contribution in [0, 0.1) is 0 Å². The minimum atomic E-state index is 0.841. The highest BCUT2D eigenvalue weighted by molar-refractivity contribution is 5.07. The summed E-state index contributed by atoms with van der Waals surface area (Å²) < 4.78 is 4.05. The molecule has 0 saturated heterocycles. The number of nitrogens with zero attached hydrogens (tertiary/aromatic N) is 4. The summed E-state index contributed by atoms with van der Waals surface area (Å²) in [7, 11) is 0. The van der Waals surface area contributed by atoms with Gasteiger partial charge < -0.3 is 9.88 Å². The van der Waals surface area contributed by atoms with Crippen molar-refractivity contribution >= 4 is 0 Å². The molecule has 0 fully saturated rings. The highest BCUT2D eigenvalue weighted by Crippen LogP contribution is 2.04. The smallest absolute Gasteiger partial charge is 0.0952 e. The fraction of sp³-hybridized carbons (Fsp3) is 0.538. The lowest BCUT2D eigenvalue weighted by Gasteiger charge is -1.99. The summed E-state index contributed by atoms with van der Waals surface area (Å²) in [6.07, 6.45) is 8.99. The van der Waals surface area contributed by atoms with E-state index in [4.69, 9.17) is 0 Å². The van der Waals surface area contributed by atoms with Gasteiger partial charge in [0.15, 0.2) is 0 Å². The van der Waals surface area contributed by atoms with Crippen molar-refractivity contribution in [3.05, 3.63) is 36.2 Å². The first-order chi connectivity index (χ1) is 8.81. The van der Waals surface area contributed by atoms with Gasteiger partial charge in [0.1, 0.15) is 0 Å². The van der Waals surface area contributed by atoms with Gasteiger partial charge in [-0.05, 0) is 13.5 Å². The third-order valence-electron chi connectivity index (χ3n) is 2.87. The number of hydrogen-bond donors (Lipinski definition) is 1. The number of aromatic nitrogens is 4. The Bertz CT molecular complexity index is 471. The Morgan fingerprint density at radius 1 is 1.28 bits per heavy atom. The Kier molecular flexibility index (Phi) is 4.52. The second-order valence-corrected chi connectivity index (χ2v) is 4.35. The van der Waals surface area contributed by atoms with Crippen molar-refractivity contribution < 1.29 is 0 Å². The molecule has 0 saturated carbocycles. The van der Waals surface area contributed by atoms with Crippen LogP contribution in [0.25, 0.3) is 0 Å². The maximum absolute atomic E-state index is 4.41. The topological polar surface area (TPSA) is 47.7 Å². The largest absolute Gasteiger partial charge is 0.333 e. The first-order valence-electron chi connectivity index (χ1n) is 6.54. The summed E-state index contributed by atoms with van der Waals surface area (Å²) in [5.74, 6) is 0. The molecule has 2 rings (SSSR count). The molecule has 1 N–H and O–H groups in total. The van der Waals surface area contributed by atoms with Crippen LogP contribution >= 0.6 is 0 Å². The number of rotatable bonds is 7. The standard InChI is InChI=1S/C13H21N5/c1-3-14-6-5-13-10-17(11-15-13)8-12-7-16-18(4-2)9-12/h7,9-11,14H,3-6,8H2,1-2H3. The van der Waals surface area contributed by atoms with Crippen molar-refractivity contribution in [3.63, 3.8) is 0 Å². The number of imidazole rings is 1. The predicted octanol–water partition coefficient (Wildman–Crippen LogP) is 1.30. The van der Waals surface area contributed by atoms with Gasteiger partial charge in [-0.25, -0.2) is 4.98 Å². The molecule has 0 amide bonds. The van der Waals surface area contributed by atoms with Crippen molar-refractivity contribution in [1.82, 2.24) is 24.6 Å². The molecule has 5 heteroatoms. The van der Waals surface area contributed by atoms with Gasteiger partial charge in [0, 0.05) is 37.5 Å². The first-order valence-corrected chi connectivity index (χ1v) is 6.54. The maximum atomic E-state index is 4.41. The minimum absolute atomic E-state index is 0.841. The molecule has 2 heterocycles. The molecule has 0 aromatic carbocycles. The van der Waals surface area contributed by atoms with E-state index in [1.165, 1.54) is 5.56 Å². The zero-order chi connectivity index (χ0) is 12.8. The van der Waals surface area contributed by atoms with Crippen LogP contribution in [-0.2, 0) is 19.5 Å². The van der Waals surface area contributed by atoms with Crippen LogP contribution in [0.1, 0.15) is 25.1 Å². The fourth-order valence-electron chi connectivity index (χ4n) is 1.89. The second kappa shape index (κ2) is 6.35. The van der Waals surface area contributed by atoms with E-state index in [0.29, 0.717) is 0 Å². The number of nitrogens with one attached hydrogen (secondary N) is 1. The highest BCUT2D eigenvalue weighted by Gasteiger charge is 2.01. The predicted molar refractivity (Wildman–Crippen MR) is 71.5 cm³/mol. The third-order valence-corrected chi connectivity index (χ3v) is 2.87. The van der Waals surface area contributed by atoms with Gasteiger partial charge in [0.2, 0.25) is 0 Å². The molecular formula is C13H21N5. The summed E-state index contributed by atoms with van der Waals surface area (Å²) >= 11 is 0. The molecule has 0 spiro atoms. The van der Waals surface area contributed by atoms with E-state index in [1.807, 2.05) is 17.2 Å². The second-order valence-electron chi connectivity index (χ2n) is 4.35. The van der Waals surface area contributed by atoms with Gasteiger partial charge in [-0.3, -0.25) is 4.68 Å². The molecule has 0 bridgehead atoms. The zero-order valence-electron chi connectivity index (χ0n) is 11.1. The molecule has 5 nitrogen and oxygen atoms in total. The van der Waals surface area contributed by atoms with Crippen molar-refractivity contribution in [2.24, 2.45) is 0 Å². The summed E-state index contributed by atoms with van der Waals surface area (Å²) in [6.45, 7) is 7.96. The minimum Gasteiger partial charge on any atom is -0.333 e. The molecule has 0 aliphatic rings. The van der Waals surface area contributed by atoms with Crippen molar-refractivity contribution in [1.29, 1.82) is 0 Å². The van der Waals surface area contributed by atoms with Gasteiger partial charge in [0.25, 0.3) is 0 Å². The normalized spacial score (nSPS) is 11.0. The number of aryl methyl sites for hydroxylation is 1. The van der Waals surface area contributed by atoms with Crippen molar-refractivity contribution in [2.45, 2.75) is 33.4 Å². The molecule has 0 unspecified atom stereocenters. The molecule has 0 radical (unpaired) electrons. The Labute approximate surface area is 108 Å². The van der Waals surface area contributed by atoms with Crippen molar-refractivity contribution in [3.8, 4) is 0 Å². The van der Waals surface area contributed by atoms with Crippen LogP contribution in [0.5, 0.6) is 0 Å². The summed E-state index contributed by atoms with van der Waals surface area (Å²) in [4.78, 5) is 4.41. The Hall–Kier alpha value is -1.62. The maximum Gasteiger partial charge on any atom is 0.0952 e. The van der Waals surface area contributed by atoms with E-state index in [9.17, 15) is 0 Å². The monoisotopic (exact) mass is 247 g/mol. The summed E-state index contributed by atoms with van der Waals surface area (Å²) in [5.41, 5.74) is 2.35. The molecule has 2 aromatic rings. The van der Waals surface area contributed by atoms with Crippen LogP contribution in [0.15, 0.2) is 24.9 Å². The van der Waals surface area contributed by atoms with Gasteiger partial charge in [-0.15, -0.1) is 0 Å². The van der Waals surface area contributed by atoms with E-state index in [2.05, 4.69) is 46.2 Å². The molecule has 0 atom stereocenters. The van der Waals surface area contributed by atoms with Crippen LogP contribution in [0.3, 0.4) is 0 Å². The fourth-order valence-corrected chi connectivity index (χ4v) is 1.89. The Morgan fingerprint density at radius 3 is 2.89 bits per heavy atom. The lowest BCUT2D eigenvalue weighted by atomic mass is 10.3. The lowest BCUT2D eigenvalue weighted by molar-refractivity contribution is 0.658. The van der Waals surface area contributed by atoms with E-state index in [0.717, 1.165) is 38.3 Å². The lowest BCUT2D eigenvalue weighted by Crippen LogP contribution is -2.16.